The summed E-state index contributed by atoms with van der Waals surface area (Å²) in [5, 5.41) is 25.1. The van der Waals surface area contributed by atoms with Gasteiger partial charge < -0.3 is 14.9 Å². The molecule has 0 aliphatic carbocycles. The summed E-state index contributed by atoms with van der Waals surface area (Å²) in [6.45, 7) is 14.6. The Morgan fingerprint density at radius 3 is 1.52 bits per heavy atom. The highest BCUT2D eigenvalue weighted by Crippen LogP contribution is 2.06. The van der Waals surface area contributed by atoms with Gasteiger partial charge in [-0.2, -0.15) is 0 Å². The average molecular weight is 308 g/mol. The molecule has 9 heteroatoms. The second kappa shape index (κ2) is 10.9. The van der Waals surface area contributed by atoms with Crippen LogP contribution in [0.1, 0.15) is 55.4 Å². The van der Waals surface area contributed by atoms with Gasteiger partial charge in [-0.25, -0.2) is 0 Å². The minimum Gasteiger partial charge on any atom is -0.569 e. The molecule has 0 aromatic rings. The van der Waals surface area contributed by atoms with E-state index in [2.05, 4.69) is 10.1 Å². The van der Waals surface area contributed by atoms with Crippen molar-refractivity contribution in [3.05, 3.63) is 15.3 Å². The van der Waals surface area contributed by atoms with Crippen molar-refractivity contribution in [2.24, 2.45) is 5.28 Å². The van der Waals surface area contributed by atoms with Crippen LogP contribution in [0.4, 0.5) is 0 Å². The molecule has 0 fully saturated rings. The standard InChI is InChI=1S/C9H21N3O2.C3H7NO3/c1-7(2)11(8(3)4)12(13)10-14-9(5)6;1-3(2)7-4(5)6/h7-9H,1-6H3;3H,1-2H3/b12-10-;. The molecule has 0 aromatic carbocycles. The quantitative estimate of drug-likeness (QED) is 0.310. The van der Waals surface area contributed by atoms with Gasteiger partial charge in [-0.15, -0.1) is 15.1 Å². The van der Waals surface area contributed by atoms with Crippen LogP contribution in [0.2, 0.25) is 0 Å². The Morgan fingerprint density at radius 2 is 1.33 bits per heavy atom. The molecule has 0 spiro atoms. The predicted octanol–water partition coefficient (Wildman–Crippen LogP) is 2.93. The Hall–Kier alpha value is -1.80. The van der Waals surface area contributed by atoms with E-state index >= 15 is 0 Å². The van der Waals surface area contributed by atoms with Gasteiger partial charge in [0.15, 0.2) is 0 Å². The molecular formula is C12H28N4O5. The van der Waals surface area contributed by atoms with Crippen LogP contribution in [0.5, 0.6) is 0 Å². The van der Waals surface area contributed by atoms with Crippen molar-refractivity contribution >= 4 is 0 Å². The van der Waals surface area contributed by atoms with Gasteiger partial charge in [-0.1, -0.05) is 0 Å². The second-order valence-electron chi connectivity index (χ2n) is 5.43. The third-order valence-corrected chi connectivity index (χ3v) is 1.88. The van der Waals surface area contributed by atoms with Crippen LogP contribution in [0.15, 0.2) is 5.28 Å². The summed E-state index contributed by atoms with van der Waals surface area (Å²) in [5.74, 6) is 0. The monoisotopic (exact) mass is 308 g/mol. The van der Waals surface area contributed by atoms with Crippen LogP contribution in [0.3, 0.4) is 0 Å². The lowest BCUT2D eigenvalue weighted by molar-refractivity contribution is -0.766. The number of hydrazine groups is 1. The van der Waals surface area contributed by atoms with Crippen molar-refractivity contribution in [1.29, 1.82) is 0 Å². The van der Waals surface area contributed by atoms with Gasteiger partial charge in [-0.3, -0.25) is 0 Å². The molecule has 0 bridgehead atoms. The van der Waals surface area contributed by atoms with E-state index in [1.807, 2.05) is 41.5 Å². The Morgan fingerprint density at radius 1 is 0.905 bits per heavy atom. The molecule has 0 aliphatic rings. The molecule has 0 heterocycles. The smallest absolute Gasteiger partial charge is 0.294 e. The van der Waals surface area contributed by atoms with Crippen LogP contribution in [-0.2, 0) is 9.68 Å². The number of hydrogen-bond acceptors (Lipinski definition) is 6. The van der Waals surface area contributed by atoms with E-state index < -0.39 is 5.09 Å². The highest BCUT2D eigenvalue weighted by Gasteiger charge is 2.21. The van der Waals surface area contributed by atoms with Gasteiger partial charge in [0.1, 0.15) is 12.2 Å². The first kappa shape index (κ1) is 21.5. The van der Waals surface area contributed by atoms with Gasteiger partial charge in [-0.05, 0) is 55.4 Å². The Labute approximate surface area is 126 Å². The second-order valence-corrected chi connectivity index (χ2v) is 5.43. The summed E-state index contributed by atoms with van der Waals surface area (Å²) in [4.78, 5) is 18.8. The SMILES string of the molecule is CC(C)O/N=[N+](\[O-])N(C(C)C)C(C)C.CC(C)O[N+](=O)[O-]. The van der Waals surface area contributed by atoms with Gasteiger partial charge in [0, 0.05) is 0 Å². The van der Waals surface area contributed by atoms with E-state index in [1.54, 1.807) is 18.9 Å². The third kappa shape index (κ3) is 13.0. The molecule has 0 N–H and O–H groups in total. The molecule has 21 heavy (non-hydrogen) atoms. The van der Waals surface area contributed by atoms with Crippen LogP contribution in [0.25, 0.3) is 0 Å². The molecule has 0 atom stereocenters. The maximum absolute atomic E-state index is 11.5. The van der Waals surface area contributed by atoms with Crippen molar-refractivity contribution in [1.82, 2.24) is 5.01 Å². The molecule has 0 aromatic heterocycles. The lowest BCUT2D eigenvalue weighted by Crippen LogP contribution is -2.42. The topological polar surface area (TPSA) is 103 Å². The lowest BCUT2D eigenvalue weighted by atomic mass is 10.3. The molecule has 0 unspecified atom stereocenters. The molecule has 0 rings (SSSR count). The van der Waals surface area contributed by atoms with E-state index in [0.29, 0.717) is 4.97 Å². The van der Waals surface area contributed by atoms with Crippen LogP contribution < -0.4 is 0 Å². The zero-order valence-electron chi connectivity index (χ0n) is 14.1. The first-order valence-electron chi connectivity index (χ1n) is 6.92. The Bertz CT molecular complexity index is 311. The minimum atomic E-state index is -0.801. The minimum absolute atomic E-state index is 0.0763. The molecule has 0 amide bonds. The summed E-state index contributed by atoms with van der Waals surface area (Å²) in [6, 6.07) is 0.207. The van der Waals surface area contributed by atoms with E-state index in [9.17, 15) is 15.3 Å². The van der Waals surface area contributed by atoms with Crippen molar-refractivity contribution in [2.45, 2.75) is 79.7 Å². The van der Waals surface area contributed by atoms with Crippen molar-refractivity contribution in [3.63, 3.8) is 0 Å². The summed E-state index contributed by atoms with van der Waals surface area (Å²) >= 11 is 0. The predicted molar refractivity (Wildman–Crippen MR) is 77.6 cm³/mol. The molecule has 126 valence electrons. The van der Waals surface area contributed by atoms with E-state index in [4.69, 9.17) is 4.84 Å². The molecule has 9 nitrogen and oxygen atoms in total. The van der Waals surface area contributed by atoms with Gasteiger partial charge in [0.05, 0.1) is 17.1 Å². The Kier molecular flexibility index (Phi) is 11.2. The third-order valence-electron chi connectivity index (χ3n) is 1.88. The Balaban J connectivity index is 0. The van der Waals surface area contributed by atoms with Crippen LogP contribution in [-0.4, -0.2) is 39.4 Å². The fraction of sp³-hybridized carbons (Fsp3) is 1.00. The van der Waals surface area contributed by atoms with Crippen molar-refractivity contribution in [2.75, 3.05) is 0 Å². The van der Waals surface area contributed by atoms with Crippen LogP contribution >= 0.6 is 0 Å². The van der Waals surface area contributed by atoms with Crippen LogP contribution in [0, 0.1) is 15.3 Å². The first-order valence-corrected chi connectivity index (χ1v) is 6.92. The zero-order valence-corrected chi connectivity index (χ0v) is 14.1. The molecular weight excluding hydrogens is 280 g/mol. The van der Waals surface area contributed by atoms with E-state index in [0.717, 1.165) is 0 Å². The zero-order chi connectivity index (χ0) is 17.2. The summed E-state index contributed by atoms with van der Waals surface area (Å²) in [7, 11) is 0. The first-order chi connectivity index (χ1) is 9.48. The largest absolute Gasteiger partial charge is 0.569 e. The summed E-state index contributed by atoms with van der Waals surface area (Å²) in [6.07, 6.45) is -0.400. The maximum Gasteiger partial charge on any atom is 0.294 e. The van der Waals surface area contributed by atoms with Crippen molar-refractivity contribution in [3.8, 4) is 0 Å². The van der Waals surface area contributed by atoms with E-state index in [1.165, 1.54) is 0 Å². The molecule has 0 aliphatic heterocycles. The normalized spacial score (nSPS) is 11.5. The number of rotatable bonds is 7. The van der Waals surface area contributed by atoms with Crippen molar-refractivity contribution < 1.29 is 19.7 Å². The molecule has 0 saturated heterocycles. The molecule has 0 radical (unpaired) electrons. The van der Waals surface area contributed by atoms with Gasteiger partial charge >= 0.3 is 0 Å². The number of nitrogens with zero attached hydrogens (tertiary/aromatic N) is 4. The fourth-order valence-corrected chi connectivity index (χ4v) is 1.34. The van der Waals surface area contributed by atoms with Gasteiger partial charge in [0.2, 0.25) is 5.28 Å². The highest BCUT2D eigenvalue weighted by molar-refractivity contribution is 4.55. The fourth-order valence-electron chi connectivity index (χ4n) is 1.34. The molecule has 0 saturated carbocycles. The highest BCUT2D eigenvalue weighted by atomic mass is 17.0. The lowest BCUT2D eigenvalue weighted by Gasteiger charge is -2.25. The number of hydrogen-bond donors (Lipinski definition) is 0. The van der Waals surface area contributed by atoms with E-state index in [-0.39, 0.29) is 24.3 Å². The summed E-state index contributed by atoms with van der Waals surface area (Å²) in [5.41, 5.74) is 0. The van der Waals surface area contributed by atoms with Gasteiger partial charge in [0.25, 0.3) is 5.09 Å². The maximum atomic E-state index is 11.5. The average Bonchev–Trinajstić information content (AvgIpc) is 2.23. The summed E-state index contributed by atoms with van der Waals surface area (Å²) < 4.78 is 0.